The molecule has 0 aliphatic rings. The van der Waals surface area contributed by atoms with Crippen molar-refractivity contribution in [2.45, 2.75) is 19.4 Å². The van der Waals surface area contributed by atoms with Crippen molar-refractivity contribution < 1.29 is 9.47 Å². The van der Waals surface area contributed by atoms with E-state index in [2.05, 4.69) is 24.1 Å². The van der Waals surface area contributed by atoms with E-state index >= 15 is 0 Å². The predicted octanol–water partition coefficient (Wildman–Crippen LogP) is 3.08. The standard InChI is InChI=1S/C15H20N2O2/c1-15(2,10-18-3)17-14-13-6-5-12(19-4)9-11(13)7-8-16-14/h5-9H,10H2,1-4H3,(H,16,17). The molecule has 0 amide bonds. The van der Waals surface area contributed by atoms with Crippen molar-refractivity contribution in [2.24, 2.45) is 0 Å². The van der Waals surface area contributed by atoms with Gasteiger partial charge in [0.05, 0.1) is 19.3 Å². The van der Waals surface area contributed by atoms with E-state index in [1.54, 1.807) is 20.4 Å². The molecule has 0 spiro atoms. The van der Waals surface area contributed by atoms with Crippen LogP contribution in [-0.2, 0) is 4.74 Å². The number of anilines is 1. The van der Waals surface area contributed by atoms with Gasteiger partial charge in [-0.05, 0) is 43.5 Å². The van der Waals surface area contributed by atoms with Crippen molar-refractivity contribution in [3.05, 3.63) is 30.5 Å². The number of ether oxygens (including phenoxy) is 2. The van der Waals surface area contributed by atoms with Crippen LogP contribution in [0.25, 0.3) is 10.8 Å². The molecule has 0 radical (unpaired) electrons. The summed E-state index contributed by atoms with van der Waals surface area (Å²) < 4.78 is 10.5. The van der Waals surface area contributed by atoms with Gasteiger partial charge >= 0.3 is 0 Å². The van der Waals surface area contributed by atoms with Crippen LogP contribution in [0.3, 0.4) is 0 Å². The number of rotatable bonds is 5. The smallest absolute Gasteiger partial charge is 0.134 e. The molecule has 1 aromatic heterocycles. The lowest BCUT2D eigenvalue weighted by Crippen LogP contribution is -2.36. The number of hydrogen-bond donors (Lipinski definition) is 1. The van der Waals surface area contributed by atoms with Crippen LogP contribution in [0.5, 0.6) is 5.75 Å². The quantitative estimate of drug-likeness (QED) is 0.897. The minimum atomic E-state index is -0.171. The Balaban J connectivity index is 2.38. The third-order valence-corrected chi connectivity index (χ3v) is 2.93. The molecule has 0 bridgehead atoms. The van der Waals surface area contributed by atoms with Crippen LogP contribution in [0.1, 0.15) is 13.8 Å². The van der Waals surface area contributed by atoms with E-state index < -0.39 is 0 Å². The van der Waals surface area contributed by atoms with Gasteiger partial charge in [0.2, 0.25) is 0 Å². The van der Waals surface area contributed by atoms with Crippen LogP contribution in [0.2, 0.25) is 0 Å². The average molecular weight is 260 g/mol. The molecule has 0 aliphatic carbocycles. The first kappa shape index (κ1) is 13.6. The van der Waals surface area contributed by atoms with Gasteiger partial charge in [-0.3, -0.25) is 0 Å². The number of aromatic nitrogens is 1. The van der Waals surface area contributed by atoms with Crippen LogP contribution in [0, 0.1) is 0 Å². The first-order valence-corrected chi connectivity index (χ1v) is 6.25. The molecule has 2 aromatic rings. The summed E-state index contributed by atoms with van der Waals surface area (Å²) in [5, 5.41) is 5.60. The van der Waals surface area contributed by atoms with Crippen molar-refractivity contribution in [3.8, 4) is 5.75 Å². The molecule has 4 heteroatoms. The van der Waals surface area contributed by atoms with E-state index in [1.807, 2.05) is 24.3 Å². The molecule has 0 atom stereocenters. The molecule has 0 fully saturated rings. The lowest BCUT2D eigenvalue weighted by atomic mass is 10.1. The molecule has 0 saturated carbocycles. The second-order valence-electron chi connectivity index (χ2n) is 5.19. The van der Waals surface area contributed by atoms with Crippen molar-refractivity contribution in [3.63, 3.8) is 0 Å². The Hall–Kier alpha value is -1.81. The van der Waals surface area contributed by atoms with Gasteiger partial charge in [-0.15, -0.1) is 0 Å². The molecule has 4 nitrogen and oxygen atoms in total. The third kappa shape index (κ3) is 3.15. The number of pyridine rings is 1. The number of nitrogens with zero attached hydrogens (tertiary/aromatic N) is 1. The van der Waals surface area contributed by atoms with E-state index in [1.165, 1.54) is 0 Å². The number of methoxy groups -OCH3 is 2. The lowest BCUT2D eigenvalue weighted by molar-refractivity contribution is 0.158. The monoisotopic (exact) mass is 260 g/mol. The van der Waals surface area contributed by atoms with Crippen molar-refractivity contribution in [1.29, 1.82) is 0 Å². The summed E-state index contributed by atoms with van der Waals surface area (Å²) in [7, 11) is 3.37. The number of hydrogen-bond acceptors (Lipinski definition) is 4. The second kappa shape index (κ2) is 5.45. The highest BCUT2D eigenvalue weighted by Gasteiger charge is 2.18. The Morgan fingerprint density at radius 3 is 2.68 bits per heavy atom. The van der Waals surface area contributed by atoms with Gasteiger partial charge in [0.15, 0.2) is 0 Å². The van der Waals surface area contributed by atoms with Gasteiger partial charge in [0, 0.05) is 18.7 Å². The summed E-state index contributed by atoms with van der Waals surface area (Å²) in [6.45, 7) is 4.78. The fraction of sp³-hybridized carbons (Fsp3) is 0.400. The molecule has 1 heterocycles. The van der Waals surface area contributed by atoms with E-state index in [0.29, 0.717) is 6.61 Å². The number of benzene rings is 1. The summed E-state index contributed by atoms with van der Waals surface area (Å²) in [6, 6.07) is 7.95. The minimum Gasteiger partial charge on any atom is -0.497 e. The molecule has 2 rings (SSSR count). The topological polar surface area (TPSA) is 43.4 Å². The van der Waals surface area contributed by atoms with Gasteiger partial charge in [0.25, 0.3) is 0 Å². The summed E-state index contributed by atoms with van der Waals surface area (Å²) in [6.07, 6.45) is 1.80. The first-order valence-electron chi connectivity index (χ1n) is 6.25. The Kier molecular flexibility index (Phi) is 3.90. The van der Waals surface area contributed by atoms with Gasteiger partial charge in [-0.1, -0.05) is 0 Å². The van der Waals surface area contributed by atoms with Crippen molar-refractivity contribution in [1.82, 2.24) is 4.98 Å². The molecular formula is C15H20N2O2. The third-order valence-electron chi connectivity index (χ3n) is 2.93. The average Bonchev–Trinajstić information content (AvgIpc) is 2.38. The summed E-state index contributed by atoms with van der Waals surface area (Å²) >= 11 is 0. The van der Waals surface area contributed by atoms with E-state index in [-0.39, 0.29) is 5.54 Å². The lowest BCUT2D eigenvalue weighted by Gasteiger charge is -2.26. The van der Waals surface area contributed by atoms with Gasteiger partial charge < -0.3 is 14.8 Å². The van der Waals surface area contributed by atoms with E-state index in [9.17, 15) is 0 Å². The van der Waals surface area contributed by atoms with Crippen LogP contribution < -0.4 is 10.1 Å². The maximum absolute atomic E-state index is 5.24. The largest absolute Gasteiger partial charge is 0.497 e. The highest BCUT2D eigenvalue weighted by atomic mass is 16.5. The zero-order valence-electron chi connectivity index (χ0n) is 11.9. The fourth-order valence-electron chi connectivity index (χ4n) is 2.10. The Morgan fingerprint density at radius 1 is 1.21 bits per heavy atom. The van der Waals surface area contributed by atoms with Crippen LogP contribution in [-0.4, -0.2) is 31.3 Å². The zero-order chi connectivity index (χ0) is 13.9. The second-order valence-corrected chi connectivity index (χ2v) is 5.19. The summed E-state index contributed by atoms with van der Waals surface area (Å²) in [4.78, 5) is 4.42. The van der Waals surface area contributed by atoms with Gasteiger partial charge in [-0.2, -0.15) is 0 Å². The normalized spacial score (nSPS) is 11.6. The molecule has 0 aliphatic heterocycles. The Bertz CT molecular complexity index is 567. The maximum Gasteiger partial charge on any atom is 0.134 e. The molecule has 19 heavy (non-hydrogen) atoms. The Morgan fingerprint density at radius 2 is 2.00 bits per heavy atom. The summed E-state index contributed by atoms with van der Waals surface area (Å²) in [5.74, 6) is 1.71. The first-order chi connectivity index (χ1) is 9.05. The number of fused-ring (bicyclic) bond motifs is 1. The van der Waals surface area contributed by atoms with E-state index in [0.717, 1.165) is 22.3 Å². The molecule has 1 N–H and O–H groups in total. The molecule has 0 saturated heterocycles. The fourth-order valence-corrected chi connectivity index (χ4v) is 2.10. The highest BCUT2D eigenvalue weighted by Crippen LogP contribution is 2.27. The molecule has 1 aromatic carbocycles. The molecule has 102 valence electrons. The summed E-state index contributed by atoms with van der Waals surface area (Å²) in [5.41, 5.74) is -0.171. The van der Waals surface area contributed by atoms with Gasteiger partial charge in [0.1, 0.15) is 11.6 Å². The highest BCUT2D eigenvalue weighted by molar-refractivity contribution is 5.92. The van der Waals surface area contributed by atoms with Crippen LogP contribution in [0.4, 0.5) is 5.82 Å². The zero-order valence-corrected chi connectivity index (χ0v) is 11.9. The van der Waals surface area contributed by atoms with Crippen LogP contribution in [0.15, 0.2) is 30.5 Å². The number of nitrogens with one attached hydrogen (secondary N) is 1. The Labute approximate surface area is 113 Å². The maximum atomic E-state index is 5.24. The minimum absolute atomic E-state index is 0.171. The van der Waals surface area contributed by atoms with E-state index in [4.69, 9.17) is 9.47 Å². The SMILES string of the molecule is COCC(C)(C)Nc1nccc2cc(OC)ccc12. The van der Waals surface area contributed by atoms with Crippen molar-refractivity contribution >= 4 is 16.6 Å². The van der Waals surface area contributed by atoms with Crippen LogP contribution >= 0.6 is 0 Å². The van der Waals surface area contributed by atoms with Gasteiger partial charge in [-0.25, -0.2) is 4.98 Å². The van der Waals surface area contributed by atoms with Crippen molar-refractivity contribution in [2.75, 3.05) is 26.1 Å². The molecular weight excluding hydrogens is 240 g/mol. The molecule has 0 unspecified atom stereocenters. The predicted molar refractivity (Wildman–Crippen MR) is 77.9 cm³/mol.